The van der Waals surface area contributed by atoms with Crippen molar-refractivity contribution in [2.24, 2.45) is 0 Å². The van der Waals surface area contributed by atoms with Crippen molar-refractivity contribution in [3.05, 3.63) is 47.8 Å². The van der Waals surface area contributed by atoms with E-state index in [1.165, 1.54) is 6.20 Å². The molecule has 2 aromatic heterocycles. The van der Waals surface area contributed by atoms with Crippen LogP contribution in [-0.4, -0.2) is 40.9 Å². The zero-order valence-electron chi connectivity index (χ0n) is 13.3. The molecule has 1 aliphatic heterocycles. The Morgan fingerprint density at radius 2 is 1.96 bits per heavy atom. The molecule has 0 saturated carbocycles. The van der Waals surface area contributed by atoms with Crippen LogP contribution in [0.4, 0.5) is 11.6 Å². The fourth-order valence-electron chi connectivity index (χ4n) is 2.97. The van der Waals surface area contributed by atoms with E-state index in [1.54, 1.807) is 18.2 Å². The summed E-state index contributed by atoms with van der Waals surface area (Å²) >= 11 is 0. The standard InChI is InChI=1S/C17H20N5O/c1-11-9-22(10-12(2)20-11)15-7-3-6-14(21-15)16(23)13-5-4-8-19-17(13)18/h3-8,11-12,18,20H,9-10H2,1-2H3/t11-,12+. The summed E-state index contributed by atoms with van der Waals surface area (Å²) in [7, 11) is 0. The number of carbonyl (C=O) groups is 1. The second-order valence-corrected chi connectivity index (χ2v) is 5.98. The Morgan fingerprint density at radius 3 is 2.65 bits per heavy atom. The lowest BCUT2D eigenvalue weighted by molar-refractivity contribution is 0.103. The maximum absolute atomic E-state index is 12.6. The predicted molar refractivity (Wildman–Crippen MR) is 88.9 cm³/mol. The fourth-order valence-corrected chi connectivity index (χ4v) is 2.97. The van der Waals surface area contributed by atoms with E-state index in [0.717, 1.165) is 18.9 Å². The first-order chi connectivity index (χ1) is 11.0. The topological polar surface area (TPSA) is 81.9 Å². The van der Waals surface area contributed by atoms with E-state index in [-0.39, 0.29) is 17.2 Å². The minimum atomic E-state index is -0.263. The molecule has 1 radical (unpaired) electrons. The molecular formula is C17H20N5O. The number of pyridine rings is 2. The van der Waals surface area contributed by atoms with Crippen molar-refractivity contribution in [3.63, 3.8) is 0 Å². The maximum atomic E-state index is 12.6. The number of hydrogen-bond donors (Lipinski definition) is 1. The molecule has 1 saturated heterocycles. The average Bonchev–Trinajstić information content (AvgIpc) is 2.54. The minimum Gasteiger partial charge on any atom is -0.353 e. The SMILES string of the molecule is C[C@@H]1CN(c2cccc(C(=O)c3cccnc3[NH])n2)C[C@H](C)N1. The Balaban J connectivity index is 1.88. The summed E-state index contributed by atoms with van der Waals surface area (Å²) in [6, 6.07) is 9.47. The molecule has 6 nitrogen and oxygen atoms in total. The van der Waals surface area contributed by atoms with Crippen molar-refractivity contribution in [1.82, 2.24) is 21.0 Å². The summed E-state index contributed by atoms with van der Waals surface area (Å²) in [6.45, 7) is 5.98. The summed E-state index contributed by atoms with van der Waals surface area (Å²) in [4.78, 5) is 23.1. The van der Waals surface area contributed by atoms with Gasteiger partial charge in [0.2, 0.25) is 5.78 Å². The van der Waals surface area contributed by atoms with Gasteiger partial charge in [-0.3, -0.25) is 10.5 Å². The van der Waals surface area contributed by atoms with Gasteiger partial charge in [-0.1, -0.05) is 6.07 Å². The first kappa shape index (κ1) is 15.4. The van der Waals surface area contributed by atoms with Crippen LogP contribution in [0.25, 0.3) is 0 Å². The van der Waals surface area contributed by atoms with Crippen LogP contribution in [0.15, 0.2) is 36.5 Å². The molecule has 0 amide bonds. The number of nitrogens with one attached hydrogen (secondary N) is 2. The van der Waals surface area contributed by atoms with Gasteiger partial charge in [0.15, 0.2) is 5.82 Å². The van der Waals surface area contributed by atoms with Gasteiger partial charge >= 0.3 is 0 Å². The summed E-state index contributed by atoms with van der Waals surface area (Å²) in [5.41, 5.74) is 8.40. The molecule has 0 bridgehead atoms. The number of nitrogens with zero attached hydrogens (tertiary/aromatic N) is 3. The quantitative estimate of drug-likeness (QED) is 0.874. The van der Waals surface area contributed by atoms with Crippen molar-refractivity contribution >= 4 is 17.4 Å². The van der Waals surface area contributed by atoms with E-state index in [2.05, 4.69) is 34.0 Å². The largest absolute Gasteiger partial charge is 0.353 e. The van der Waals surface area contributed by atoms with Crippen molar-refractivity contribution in [1.29, 1.82) is 0 Å². The monoisotopic (exact) mass is 310 g/mol. The van der Waals surface area contributed by atoms with Gasteiger partial charge in [0.1, 0.15) is 11.5 Å². The third kappa shape index (κ3) is 3.32. The molecule has 2 N–H and O–H groups in total. The molecule has 23 heavy (non-hydrogen) atoms. The predicted octanol–water partition coefficient (Wildman–Crippen LogP) is 1.81. The summed E-state index contributed by atoms with van der Waals surface area (Å²) in [5, 5.41) is 3.48. The summed E-state index contributed by atoms with van der Waals surface area (Å²) in [6.07, 6.45) is 1.51. The normalized spacial score (nSPS) is 21.2. The minimum absolute atomic E-state index is 0.0193. The van der Waals surface area contributed by atoms with E-state index >= 15 is 0 Å². The number of anilines is 1. The number of rotatable bonds is 3. The lowest BCUT2D eigenvalue weighted by atomic mass is 10.1. The zero-order chi connectivity index (χ0) is 16.4. The van der Waals surface area contributed by atoms with Gasteiger partial charge in [-0.25, -0.2) is 9.97 Å². The van der Waals surface area contributed by atoms with Crippen molar-refractivity contribution < 1.29 is 4.79 Å². The molecular weight excluding hydrogens is 290 g/mol. The second-order valence-electron chi connectivity index (χ2n) is 5.98. The second kappa shape index (κ2) is 6.34. The van der Waals surface area contributed by atoms with Crippen LogP contribution < -0.4 is 16.0 Å². The molecule has 2 atom stereocenters. The first-order valence-corrected chi connectivity index (χ1v) is 7.74. The highest BCUT2D eigenvalue weighted by molar-refractivity contribution is 6.10. The van der Waals surface area contributed by atoms with Gasteiger partial charge < -0.3 is 10.2 Å². The third-order valence-electron chi connectivity index (χ3n) is 3.90. The molecule has 119 valence electrons. The van der Waals surface area contributed by atoms with E-state index in [9.17, 15) is 4.79 Å². The molecule has 0 aromatic carbocycles. The van der Waals surface area contributed by atoms with E-state index < -0.39 is 0 Å². The van der Waals surface area contributed by atoms with Gasteiger partial charge in [-0.15, -0.1) is 0 Å². The molecule has 3 heterocycles. The summed E-state index contributed by atoms with van der Waals surface area (Å²) < 4.78 is 0. The van der Waals surface area contributed by atoms with Crippen LogP contribution in [0.1, 0.15) is 29.9 Å². The van der Waals surface area contributed by atoms with Crippen LogP contribution in [0.2, 0.25) is 0 Å². The molecule has 1 fully saturated rings. The van der Waals surface area contributed by atoms with Crippen LogP contribution >= 0.6 is 0 Å². The molecule has 0 unspecified atom stereocenters. The number of piperazine rings is 1. The highest BCUT2D eigenvalue weighted by Crippen LogP contribution is 2.19. The lowest BCUT2D eigenvalue weighted by Crippen LogP contribution is -2.54. The van der Waals surface area contributed by atoms with Crippen LogP contribution in [0, 0.1) is 0 Å². The van der Waals surface area contributed by atoms with Gasteiger partial charge in [-0.05, 0) is 38.1 Å². The molecule has 2 aromatic rings. The van der Waals surface area contributed by atoms with Gasteiger partial charge in [-0.2, -0.15) is 0 Å². The Hall–Kier alpha value is -2.47. The number of hydrogen-bond acceptors (Lipinski definition) is 5. The van der Waals surface area contributed by atoms with E-state index in [0.29, 0.717) is 17.8 Å². The van der Waals surface area contributed by atoms with Gasteiger partial charge in [0.25, 0.3) is 0 Å². The highest BCUT2D eigenvalue weighted by Gasteiger charge is 2.23. The highest BCUT2D eigenvalue weighted by atomic mass is 16.1. The Labute approximate surface area is 135 Å². The number of aromatic nitrogens is 2. The Kier molecular flexibility index (Phi) is 4.25. The van der Waals surface area contributed by atoms with Crippen molar-refractivity contribution in [2.45, 2.75) is 25.9 Å². The van der Waals surface area contributed by atoms with Crippen LogP contribution in [0.3, 0.4) is 0 Å². The van der Waals surface area contributed by atoms with Crippen LogP contribution in [0.5, 0.6) is 0 Å². The van der Waals surface area contributed by atoms with E-state index in [1.807, 2.05) is 12.1 Å². The Morgan fingerprint density at radius 1 is 1.22 bits per heavy atom. The first-order valence-electron chi connectivity index (χ1n) is 7.74. The van der Waals surface area contributed by atoms with Gasteiger partial charge in [0, 0.05) is 31.4 Å². The zero-order valence-corrected chi connectivity index (χ0v) is 13.3. The molecule has 6 heteroatoms. The summed E-state index contributed by atoms with van der Waals surface area (Å²) in [5.74, 6) is 0.516. The van der Waals surface area contributed by atoms with Gasteiger partial charge in [0.05, 0.1) is 5.56 Å². The van der Waals surface area contributed by atoms with E-state index in [4.69, 9.17) is 5.73 Å². The van der Waals surface area contributed by atoms with Crippen molar-refractivity contribution in [3.8, 4) is 0 Å². The average molecular weight is 310 g/mol. The Bertz CT molecular complexity index is 708. The number of carbonyl (C=O) groups excluding carboxylic acids is 1. The lowest BCUT2D eigenvalue weighted by Gasteiger charge is -2.37. The number of ketones is 1. The molecule has 3 rings (SSSR count). The molecule has 0 aliphatic carbocycles. The van der Waals surface area contributed by atoms with Crippen LogP contribution in [-0.2, 0) is 0 Å². The maximum Gasteiger partial charge on any atom is 0.215 e. The molecule has 1 aliphatic rings. The van der Waals surface area contributed by atoms with Crippen molar-refractivity contribution in [2.75, 3.05) is 18.0 Å². The molecule has 0 spiro atoms. The third-order valence-corrected chi connectivity index (χ3v) is 3.90. The fraction of sp³-hybridized carbons (Fsp3) is 0.353. The smallest absolute Gasteiger partial charge is 0.215 e.